The summed E-state index contributed by atoms with van der Waals surface area (Å²) in [6.07, 6.45) is 1.06. The van der Waals surface area contributed by atoms with Gasteiger partial charge in [-0.15, -0.1) is 0 Å². The van der Waals surface area contributed by atoms with Crippen molar-refractivity contribution in [3.05, 3.63) is 30.1 Å². The molecule has 3 heteroatoms. The number of halogens is 1. The van der Waals surface area contributed by atoms with Crippen molar-refractivity contribution in [1.82, 2.24) is 5.32 Å². The summed E-state index contributed by atoms with van der Waals surface area (Å²) in [6.45, 7) is 8.59. The van der Waals surface area contributed by atoms with Gasteiger partial charge in [0.2, 0.25) is 0 Å². The second kappa shape index (κ2) is 4.65. The molecule has 1 aliphatic rings. The van der Waals surface area contributed by atoms with Crippen molar-refractivity contribution in [1.29, 1.82) is 0 Å². The number of anilines is 1. The Morgan fingerprint density at radius 3 is 2.88 bits per heavy atom. The minimum absolute atomic E-state index is 0.0523. The minimum atomic E-state index is -0.164. The largest absolute Gasteiger partial charge is 0.362 e. The van der Waals surface area contributed by atoms with Crippen LogP contribution < -0.4 is 10.2 Å². The van der Waals surface area contributed by atoms with E-state index in [2.05, 4.69) is 31.0 Å². The fraction of sp³-hybridized carbons (Fsp3) is 0.571. The summed E-state index contributed by atoms with van der Waals surface area (Å²) in [4.78, 5) is 2.33. The van der Waals surface area contributed by atoms with Crippen LogP contribution in [0.2, 0.25) is 0 Å². The van der Waals surface area contributed by atoms with Gasteiger partial charge in [0, 0.05) is 23.8 Å². The van der Waals surface area contributed by atoms with Crippen molar-refractivity contribution < 1.29 is 4.39 Å². The first-order valence-electron chi connectivity index (χ1n) is 6.26. The molecule has 1 saturated heterocycles. The standard InChI is InChI=1S/C14H21FN2/c1-11-10-16-8-7-14(2,3)17(11)13-6-4-5-12(15)9-13/h4-6,9,11,16H,7-8,10H2,1-3H3. The van der Waals surface area contributed by atoms with Gasteiger partial charge in [0.05, 0.1) is 0 Å². The molecular formula is C14H21FN2. The molecule has 0 aliphatic carbocycles. The molecular weight excluding hydrogens is 215 g/mol. The molecule has 1 aromatic carbocycles. The highest BCUT2D eigenvalue weighted by atomic mass is 19.1. The first kappa shape index (κ1) is 12.4. The van der Waals surface area contributed by atoms with Crippen LogP contribution in [0.25, 0.3) is 0 Å². The lowest BCUT2D eigenvalue weighted by atomic mass is 9.96. The topological polar surface area (TPSA) is 15.3 Å². The van der Waals surface area contributed by atoms with Crippen LogP contribution >= 0.6 is 0 Å². The van der Waals surface area contributed by atoms with E-state index in [1.54, 1.807) is 12.1 Å². The summed E-state index contributed by atoms with van der Waals surface area (Å²) in [5.74, 6) is -0.164. The second-order valence-corrected chi connectivity index (χ2v) is 5.47. The molecule has 0 aromatic heterocycles. The number of nitrogens with zero attached hydrogens (tertiary/aromatic N) is 1. The van der Waals surface area contributed by atoms with Crippen LogP contribution in [0.1, 0.15) is 27.2 Å². The van der Waals surface area contributed by atoms with Gasteiger partial charge < -0.3 is 10.2 Å². The summed E-state index contributed by atoms with van der Waals surface area (Å²) < 4.78 is 13.4. The van der Waals surface area contributed by atoms with Gasteiger partial charge in [0.15, 0.2) is 0 Å². The van der Waals surface area contributed by atoms with Crippen LogP contribution in [0, 0.1) is 5.82 Å². The third-order valence-electron chi connectivity index (χ3n) is 3.53. The Kier molecular flexibility index (Phi) is 3.38. The summed E-state index contributed by atoms with van der Waals surface area (Å²) >= 11 is 0. The molecule has 1 N–H and O–H groups in total. The van der Waals surface area contributed by atoms with E-state index in [-0.39, 0.29) is 11.4 Å². The number of hydrogen-bond donors (Lipinski definition) is 1. The first-order chi connectivity index (χ1) is 8.00. The zero-order chi connectivity index (χ0) is 12.5. The molecule has 17 heavy (non-hydrogen) atoms. The highest BCUT2D eigenvalue weighted by Gasteiger charge is 2.32. The molecule has 0 spiro atoms. The average Bonchev–Trinajstić information content (AvgIpc) is 2.36. The van der Waals surface area contributed by atoms with E-state index < -0.39 is 0 Å². The van der Waals surface area contributed by atoms with Crippen LogP contribution in [-0.2, 0) is 0 Å². The number of nitrogens with one attached hydrogen (secondary N) is 1. The SMILES string of the molecule is CC1CNCCC(C)(C)N1c1cccc(F)c1. The van der Waals surface area contributed by atoms with E-state index in [0.717, 1.165) is 25.2 Å². The highest BCUT2D eigenvalue weighted by molar-refractivity contribution is 5.50. The first-order valence-corrected chi connectivity index (χ1v) is 6.26. The normalized spacial score (nSPS) is 24.5. The van der Waals surface area contributed by atoms with Gasteiger partial charge in [-0.1, -0.05) is 6.07 Å². The van der Waals surface area contributed by atoms with Crippen LogP contribution in [0.3, 0.4) is 0 Å². The average molecular weight is 236 g/mol. The zero-order valence-electron chi connectivity index (χ0n) is 10.8. The summed E-state index contributed by atoms with van der Waals surface area (Å²) in [5, 5.41) is 3.43. The Bertz CT molecular complexity index is 390. The maximum Gasteiger partial charge on any atom is 0.125 e. The van der Waals surface area contributed by atoms with E-state index in [4.69, 9.17) is 0 Å². The fourth-order valence-electron chi connectivity index (χ4n) is 2.74. The zero-order valence-corrected chi connectivity index (χ0v) is 10.8. The number of benzene rings is 1. The molecule has 0 radical (unpaired) electrons. The monoisotopic (exact) mass is 236 g/mol. The Morgan fingerprint density at radius 2 is 2.18 bits per heavy atom. The van der Waals surface area contributed by atoms with E-state index in [1.165, 1.54) is 6.07 Å². The molecule has 1 heterocycles. The van der Waals surface area contributed by atoms with Gasteiger partial charge in [-0.25, -0.2) is 4.39 Å². The van der Waals surface area contributed by atoms with Crippen molar-refractivity contribution in [2.24, 2.45) is 0 Å². The molecule has 0 saturated carbocycles. The molecule has 94 valence electrons. The molecule has 2 rings (SSSR count). The summed E-state index contributed by atoms with van der Waals surface area (Å²) in [6, 6.07) is 7.27. The lowest BCUT2D eigenvalue weighted by Gasteiger charge is -2.42. The van der Waals surface area contributed by atoms with E-state index >= 15 is 0 Å². The van der Waals surface area contributed by atoms with Gasteiger partial charge >= 0.3 is 0 Å². The maximum atomic E-state index is 13.4. The minimum Gasteiger partial charge on any atom is -0.362 e. The predicted molar refractivity (Wildman–Crippen MR) is 69.9 cm³/mol. The number of hydrogen-bond acceptors (Lipinski definition) is 2. The maximum absolute atomic E-state index is 13.4. The molecule has 0 amide bonds. The smallest absolute Gasteiger partial charge is 0.125 e. The molecule has 0 bridgehead atoms. The summed E-state index contributed by atoms with van der Waals surface area (Å²) in [5.41, 5.74) is 1.03. The van der Waals surface area contributed by atoms with Gasteiger partial charge in [0.1, 0.15) is 5.82 Å². The van der Waals surface area contributed by atoms with Gasteiger partial charge in [-0.2, -0.15) is 0 Å². The molecule has 2 nitrogen and oxygen atoms in total. The lowest BCUT2D eigenvalue weighted by Crippen LogP contribution is -2.49. The molecule has 1 unspecified atom stereocenters. The summed E-state index contributed by atoms with van der Waals surface area (Å²) in [7, 11) is 0. The van der Waals surface area contributed by atoms with Crippen molar-refractivity contribution in [3.8, 4) is 0 Å². The van der Waals surface area contributed by atoms with Crippen molar-refractivity contribution in [2.75, 3.05) is 18.0 Å². The van der Waals surface area contributed by atoms with Crippen LogP contribution in [0.5, 0.6) is 0 Å². The highest BCUT2D eigenvalue weighted by Crippen LogP contribution is 2.30. The molecule has 1 fully saturated rings. The lowest BCUT2D eigenvalue weighted by molar-refractivity contribution is 0.425. The van der Waals surface area contributed by atoms with Gasteiger partial charge in [0.25, 0.3) is 0 Å². The third kappa shape index (κ3) is 2.60. The van der Waals surface area contributed by atoms with Crippen molar-refractivity contribution in [3.63, 3.8) is 0 Å². The molecule has 1 aliphatic heterocycles. The van der Waals surface area contributed by atoms with Crippen LogP contribution in [0.4, 0.5) is 10.1 Å². The Morgan fingerprint density at radius 1 is 1.41 bits per heavy atom. The molecule has 1 atom stereocenters. The Balaban J connectivity index is 2.38. The van der Waals surface area contributed by atoms with E-state index in [0.29, 0.717) is 6.04 Å². The van der Waals surface area contributed by atoms with Crippen molar-refractivity contribution in [2.45, 2.75) is 38.8 Å². The fourth-order valence-corrected chi connectivity index (χ4v) is 2.74. The molecule has 1 aromatic rings. The predicted octanol–water partition coefficient (Wildman–Crippen LogP) is 2.79. The van der Waals surface area contributed by atoms with Crippen LogP contribution in [0.15, 0.2) is 24.3 Å². The van der Waals surface area contributed by atoms with E-state index in [1.807, 2.05) is 6.07 Å². The third-order valence-corrected chi connectivity index (χ3v) is 3.53. The van der Waals surface area contributed by atoms with E-state index in [9.17, 15) is 4.39 Å². The second-order valence-electron chi connectivity index (χ2n) is 5.47. The van der Waals surface area contributed by atoms with Gasteiger partial charge in [-0.3, -0.25) is 0 Å². The quantitative estimate of drug-likeness (QED) is 0.806. The van der Waals surface area contributed by atoms with Gasteiger partial charge in [-0.05, 0) is 51.9 Å². The van der Waals surface area contributed by atoms with Crippen molar-refractivity contribution >= 4 is 5.69 Å². The Hall–Kier alpha value is -1.09. The Labute approximate surface area is 103 Å². The van der Waals surface area contributed by atoms with Crippen LogP contribution in [-0.4, -0.2) is 24.7 Å². The number of rotatable bonds is 1.